The normalized spacial score (nSPS) is 19.4. The van der Waals surface area contributed by atoms with E-state index in [2.05, 4.69) is 34.3 Å². The van der Waals surface area contributed by atoms with Crippen LogP contribution in [0.3, 0.4) is 0 Å². The molecular weight excluding hydrogens is 446 g/mol. The number of carboxylic acids is 1. The Morgan fingerprint density at radius 1 is 1.24 bits per heavy atom. The molecule has 1 fully saturated rings. The number of nitrogens with one attached hydrogen (secondary N) is 1. The summed E-state index contributed by atoms with van der Waals surface area (Å²) in [4.78, 5) is 30.8. The van der Waals surface area contributed by atoms with Gasteiger partial charge in [-0.3, -0.25) is 4.79 Å². The van der Waals surface area contributed by atoms with E-state index in [9.17, 15) is 14.7 Å². The van der Waals surface area contributed by atoms with Crippen LogP contribution in [0.2, 0.25) is 0 Å². The standard InChI is InChI=1S/C27H35N3O3S/c1-4-18-8-5-6-10-23(18)30-24-12-11-19(26(31)29-22(27(32)33)14-17(2)3)15-21(24)28-25(30)16-20-9-7-13-34-20/h7,9,11-13,15,17-18,22-23H,4-6,8,10,14,16H2,1-3H3,(H,29,31)(H,32,33). The molecule has 3 atom stereocenters. The first-order chi connectivity index (χ1) is 16.4. The van der Waals surface area contributed by atoms with Crippen LogP contribution in [-0.4, -0.2) is 32.6 Å². The van der Waals surface area contributed by atoms with E-state index >= 15 is 0 Å². The predicted molar refractivity (Wildman–Crippen MR) is 136 cm³/mol. The van der Waals surface area contributed by atoms with Gasteiger partial charge < -0.3 is 15.0 Å². The summed E-state index contributed by atoms with van der Waals surface area (Å²) in [6, 6.07) is 9.35. The molecule has 2 N–H and O–H groups in total. The lowest BCUT2D eigenvalue weighted by Crippen LogP contribution is -2.41. The zero-order valence-electron chi connectivity index (χ0n) is 20.3. The highest BCUT2D eigenvalue weighted by Gasteiger charge is 2.29. The lowest BCUT2D eigenvalue weighted by Gasteiger charge is -2.33. The number of imidazole rings is 1. The number of rotatable bonds is 9. The van der Waals surface area contributed by atoms with E-state index in [0.717, 1.165) is 36.1 Å². The van der Waals surface area contributed by atoms with Crippen molar-refractivity contribution in [3.8, 4) is 0 Å². The number of fused-ring (bicyclic) bond motifs is 1. The summed E-state index contributed by atoms with van der Waals surface area (Å²) in [5.41, 5.74) is 2.31. The fourth-order valence-corrected chi connectivity index (χ4v) is 5.99. The first-order valence-electron chi connectivity index (χ1n) is 12.4. The number of carboxylic acid groups (broad SMARTS) is 1. The molecule has 6 nitrogen and oxygen atoms in total. The second kappa shape index (κ2) is 10.7. The SMILES string of the molecule is CCC1CCCCC1n1c(Cc2cccs2)nc2cc(C(=O)NC(CC(C)C)C(=O)O)ccc21. The number of benzene rings is 1. The second-order valence-electron chi connectivity index (χ2n) is 9.87. The molecule has 1 aliphatic rings. The summed E-state index contributed by atoms with van der Waals surface area (Å²) in [6.45, 7) is 6.18. The third-order valence-electron chi connectivity index (χ3n) is 6.97. The van der Waals surface area contributed by atoms with Crippen LogP contribution in [0.1, 0.15) is 86.4 Å². The summed E-state index contributed by atoms with van der Waals surface area (Å²) in [6.07, 6.45) is 7.22. The summed E-state index contributed by atoms with van der Waals surface area (Å²) in [5.74, 6) is 0.468. The van der Waals surface area contributed by atoms with Crippen LogP contribution in [0.4, 0.5) is 0 Å². The quantitative estimate of drug-likeness (QED) is 0.389. The van der Waals surface area contributed by atoms with Crippen molar-refractivity contribution in [3.63, 3.8) is 0 Å². The van der Waals surface area contributed by atoms with Crippen LogP contribution in [0.5, 0.6) is 0 Å². The molecule has 0 aliphatic heterocycles. The summed E-state index contributed by atoms with van der Waals surface area (Å²) >= 11 is 1.74. The first kappa shape index (κ1) is 24.5. The Bertz CT molecular complexity index is 1140. The predicted octanol–water partition coefficient (Wildman–Crippen LogP) is 6.06. The Labute approximate surface area is 205 Å². The molecule has 1 amide bonds. The molecule has 0 saturated heterocycles. The minimum absolute atomic E-state index is 0.168. The molecule has 2 aromatic heterocycles. The van der Waals surface area contributed by atoms with Crippen molar-refractivity contribution >= 4 is 34.2 Å². The average Bonchev–Trinajstić information content (AvgIpc) is 3.45. The Kier molecular flexibility index (Phi) is 7.71. The lowest BCUT2D eigenvalue weighted by atomic mass is 9.82. The maximum atomic E-state index is 12.9. The van der Waals surface area contributed by atoms with E-state index in [1.165, 1.54) is 24.1 Å². The molecule has 0 radical (unpaired) electrons. The van der Waals surface area contributed by atoms with E-state index < -0.39 is 12.0 Å². The van der Waals surface area contributed by atoms with Gasteiger partial charge in [0.25, 0.3) is 5.91 Å². The van der Waals surface area contributed by atoms with Gasteiger partial charge in [0.2, 0.25) is 0 Å². The highest BCUT2D eigenvalue weighted by Crippen LogP contribution is 2.39. The summed E-state index contributed by atoms with van der Waals surface area (Å²) in [5, 5.41) is 14.3. The number of carbonyl (C=O) groups is 2. The molecule has 182 valence electrons. The number of hydrogen-bond acceptors (Lipinski definition) is 4. The van der Waals surface area contributed by atoms with Gasteiger partial charge >= 0.3 is 5.97 Å². The molecule has 7 heteroatoms. The van der Waals surface area contributed by atoms with Crippen LogP contribution in [0.15, 0.2) is 35.7 Å². The number of thiophene rings is 1. The van der Waals surface area contributed by atoms with Gasteiger partial charge in [0.1, 0.15) is 11.9 Å². The minimum Gasteiger partial charge on any atom is -0.480 e. The highest BCUT2D eigenvalue weighted by atomic mass is 32.1. The third kappa shape index (κ3) is 5.35. The van der Waals surface area contributed by atoms with E-state index in [-0.39, 0.29) is 11.8 Å². The largest absolute Gasteiger partial charge is 0.480 e. The van der Waals surface area contributed by atoms with Crippen LogP contribution >= 0.6 is 11.3 Å². The van der Waals surface area contributed by atoms with Gasteiger partial charge in [0.15, 0.2) is 0 Å². The van der Waals surface area contributed by atoms with Crippen molar-refractivity contribution in [2.45, 2.75) is 77.8 Å². The topological polar surface area (TPSA) is 84.2 Å². The lowest BCUT2D eigenvalue weighted by molar-refractivity contribution is -0.139. The van der Waals surface area contributed by atoms with E-state index in [0.29, 0.717) is 23.9 Å². The van der Waals surface area contributed by atoms with Crippen LogP contribution < -0.4 is 5.32 Å². The van der Waals surface area contributed by atoms with Gasteiger partial charge in [-0.25, -0.2) is 9.78 Å². The Morgan fingerprint density at radius 2 is 2.03 bits per heavy atom. The summed E-state index contributed by atoms with van der Waals surface area (Å²) < 4.78 is 2.43. The van der Waals surface area contributed by atoms with Crippen LogP contribution in [-0.2, 0) is 11.2 Å². The van der Waals surface area contributed by atoms with E-state index in [4.69, 9.17) is 4.98 Å². The van der Waals surface area contributed by atoms with E-state index in [1.807, 2.05) is 32.0 Å². The number of hydrogen-bond donors (Lipinski definition) is 2. The molecule has 34 heavy (non-hydrogen) atoms. The summed E-state index contributed by atoms with van der Waals surface area (Å²) in [7, 11) is 0. The van der Waals surface area contributed by atoms with Crippen molar-refractivity contribution in [1.29, 1.82) is 0 Å². The molecule has 1 aliphatic carbocycles. The van der Waals surface area contributed by atoms with Gasteiger partial charge in [-0.1, -0.05) is 46.1 Å². The Morgan fingerprint density at radius 3 is 2.71 bits per heavy atom. The first-order valence-corrected chi connectivity index (χ1v) is 13.3. The highest BCUT2D eigenvalue weighted by molar-refractivity contribution is 7.09. The van der Waals surface area contributed by atoms with Gasteiger partial charge in [0.05, 0.1) is 11.0 Å². The van der Waals surface area contributed by atoms with Gasteiger partial charge in [-0.2, -0.15) is 0 Å². The Balaban J connectivity index is 1.70. The van der Waals surface area contributed by atoms with Crippen molar-refractivity contribution in [1.82, 2.24) is 14.9 Å². The molecule has 4 rings (SSSR count). The Hall–Kier alpha value is -2.67. The van der Waals surface area contributed by atoms with Gasteiger partial charge in [0, 0.05) is 22.9 Å². The smallest absolute Gasteiger partial charge is 0.326 e. The fraction of sp³-hybridized carbons (Fsp3) is 0.519. The maximum absolute atomic E-state index is 12.9. The molecule has 0 bridgehead atoms. The molecular formula is C27H35N3O3S. The van der Waals surface area contributed by atoms with Crippen molar-refractivity contribution in [2.24, 2.45) is 11.8 Å². The number of aromatic nitrogens is 2. The number of nitrogens with zero attached hydrogens (tertiary/aromatic N) is 2. The van der Waals surface area contributed by atoms with Crippen molar-refractivity contribution in [2.75, 3.05) is 0 Å². The maximum Gasteiger partial charge on any atom is 0.326 e. The molecule has 1 saturated carbocycles. The number of amides is 1. The van der Waals surface area contributed by atoms with Crippen LogP contribution in [0, 0.1) is 11.8 Å². The minimum atomic E-state index is -1.01. The molecule has 0 spiro atoms. The fourth-order valence-electron chi connectivity index (χ4n) is 5.29. The number of carbonyl (C=O) groups excluding carboxylic acids is 1. The molecule has 2 heterocycles. The second-order valence-corrected chi connectivity index (χ2v) is 10.9. The van der Waals surface area contributed by atoms with Crippen molar-refractivity contribution < 1.29 is 14.7 Å². The zero-order chi connectivity index (χ0) is 24.2. The third-order valence-corrected chi connectivity index (χ3v) is 7.85. The van der Waals surface area contributed by atoms with E-state index in [1.54, 1.807) is 11.3 Å². The number of aliphatic carboxylic acids is 1. The molecule has 1 aromatic carbocycles. The van der Waals surface area contributed by atoms with Gasteiger partial charge in [-0.05, 0) is 60.7 Å². The average molecular weight is 482 g/mol. The molecule has 3 aromatic rings. The van der Waals surface area contributed by atoms with Crippen molar-refractivity contribution in [3.05, 3.63) is 52.0 Å². The molecule has 3 unspecified atom stereocenters. The monoisotopic (exact) mass is 481 g/mol. The van der Waals surface area contributed by atoms with Crippen LogP contribution in [0.25, 0.3) is 11.0 Å². The van der Waals surface area contributed by atoms with Gasteiger partial charge in [-0.15, -0.1) is 11.3 Å². The zero-order valence-corrected chi connectivity index (χ0v) is 21.1.